The van der Waals surface area contributed by atoms with Gasteiger partial charge in [0, 0.05) is 12.1 Å². The predicted octanol–water partition coefficient (Wildman–Crippen LogP) is 6.45. The van der Waals surface area contributed by atoms with Gasteiger partial charge in [0.25, 0.3) is 0 Å². The van der Waals surface area contributed by atoms with Gasteiger partial charge in [0.2, 0.25) is 0 Å². The second-order valence-corrected chi connectivity index (χ2v) is 7.76. The van der Waals surface area contributed by atoms with Crippen LogP contribution >= 0.6 is 0 Å². The third-order valence-electron chi connectivity index (χ3n) is 5.30. The van der Waals surface area contributed by atoms with Gasteiger partial charge in [-0.1, -0.05) is 74.5 Å². The van der Waals surface area contributed by atoms with E-state index in [4.69, 9.17) is 9.73 Å². The van der Waals surface area contributed by atoms with Gasteiger partial charge in [0.15, 0.2) is 0 Å². The molecule has 1 heterocycles. The number of hydrogen-bond acceptors (Lipinski definition) is 2. The van der Waals surface area contributed by atoms with Gasteiger partial charge in [-0.25, -0.2) is 0 Å². The number of hydrogen-bond donors (Lipinski definition) is 0. The summed E-state index contributed by atoms with van der Waals surface area (Å²) in [6, 6.07) is 25.4. The maximum absolute atomic E-state index is 6.00. The summed E-state index contributed by atoms with van der Waals surface area (Å²) < 4.78 is 6.00. The molecular weight excluding hydrogens is 354 g/mol. The van der Waals surface area contributed by atoms with E-state index < -0.39 is 0 Å². The van der Waals surface area contributed by atoms with Gasteiger partial charge in [0.1, 0.15) is 12.4 Å². The summed E-state index contributed by atoms with van der Waals surface area (Å²) in [6.07, 6.45) is 5.24. The number of benzene rings is 3. The van der Waals surface area contributed by atoms with Gasteiger partial charge in [-0.05, 0) is 58.9 Å². The van der Waals surface area contributed by atoms with E-state index in [2.05, 4.69) is 74.5 Å². The summed E-state index contributed by atoms with van der Waals surface area (Å²) in [4.78, 5) is 4.74. The molecule has 0 bridgehead atoms. The molecule has 29 heavy (non-hydrogen) atoms. The van der Waals surface area contributed by atoms with E-state index in [-0.39, 0.29) is 0 Å². The summed E-state index contributed by atoms with van der Waals surface area (Å²) in [5, 5.41) is 0. The minimum absolute atomic E-state index is 0.556. The molecule has 3 aromatic carbocycles. The number of fused-ring (bicyclic) bond motifs is 1. The second kappa shape index (κ2) is 8.91. The van der Waals surface area contributed by atoms with Crippen LogP contribution in [0.3, 0.4) is 0 Å². The molecule has 0 aromatic heterocycles. The lowest BCUT2D eigenvalue weighted by Gasteiger charge is -2.16. The number of ether oxygens (including phenoxy) is 1. The summed E-state index contributed by atoms with van der Waals surface area (Å²) in [6.45, 7) is 5.85. The first-order chi connectivity index (χ1) is 14.2. The summed E-state index contributed by atoms with van der Waals surface area (Å²) >= 11 is 0. The SMILES string of the molecule is CC(C)c1ccc(/C=C/C2=NCCc3cc(OCc4ccccc4)ccc32)cc1. The molecule has 0 aliphatic carbocycles. The Morgan fingerprint density at radius 1 is 0.931 bits per heavy atom. The van der Waals surface area contributed by atoms with Crippen LogP contribution in [-0.4, -0.2) is 12.3 Å². The van der Waals surface area contributed by atoms with Crippen LogP contribution in [0, 0.1) is 0 Å². The van der Waals surface area contributed by atoms with Crippen molar-refractivity contribution < 1.29 is 4.74 Å². The first-order valence-corrected chi connectivity index (χ1v) is 10.3. The van der Waals surface area contributed by atoms with Crippen molar-refractivity contribution in [2.45, 2.75) is 32.8 Å². The molecule has 0 unspecified atom stereocenters. The fourth-order valence-corrected chi connectivity index (χ4v) is 3.55. The standard InChI is InChI=1S/C27H27NO/c1-20(2)23-11-8-21(9-12-23)10-15-27-26-14-13-25(18-24(26)16-17-28-27)29-19-22-6-4-3-5-7-22/h3-15,18,20H,16-17,19H2,1-2H3/b15-10+. The highest BCUT2D eigenvalue weighted by atomic mass is 16.5. The molecule has 0 radical (unpaired) electrons. The lowest BCUT2D eigenvalue weighted by molar-refractivity contribution is 0.306. The van der Waals surface area contributed by atoms with Crippen molar-refractivity contribution >= 4 is 11.8 Å². The van der Waals surface area contributed by atoms with Crippen molar-refractivity contribution in [3.8, 4) is 5.75 Å². The quantitative estimate of drug-likeness (QED) is 0.481. The number of aliphatic imine (C=N–C) groups is 1. The van der Waals surface area contributed by atoms with Crippen molar-refractivity contribution in [3.63, 3.8) is 0 Å². The van der Waals surface area contributed by atoms with Crippen LogP contribution in [0.4, 0.5) is 0 Å². The average Bonchev–Trinajstić information content (AvgIpc) is 2.77. The lowest BCUT2D eigenvalue weighted by atomic mass is 9.96. The average molecular weight is 382 g/mol. The van der Waals surface area contributed by atoms with Crippen LogP contribution in [0.2, 0.25) is 0 Å². The molecule has 2 nitrogen and oxygen atoms in total. The Balaban J connectivity index is 1.46. The molecule has 0 N–H and O–H groups in total. The fraction of sp³-hybridized carbons (Fsp3) is 0.222. The first-order valence-electron chi connectivity index (χ1n) is 10.3. The monoisotopic (exact) mass is 381 g/mol. The highest BCUT2D eigenvalue weighted by molar-refractivity contribution is 6.12. The molecule has 0 saturated heterocycles. The van der Waals surface area contributed by atoms with Gasteiger partial charge in [0.05, 0.1) is 5.71 Å². The second-order valence-electron chi connectivity index (χ2n) is 7.76. The molecule has 0 amide bonds. The van der Waals surface area contributed by atoms with Gasteiger partial charge < -0.3 is 4.74 Å². The van der Waals surface area contributed by atoms with Crippen LogP contribution in [0.5, 0.6) is 5.75 Å². The summed E-state index contributed by atoms with van der Waals surface area (Å²) in [7, 11) is 0. The van der Waals surface area contributed by atoms with Crippen LogP contribution < -0.4 is 4.74 Å². The smallest absolute Gasteiger partial charge is 0.120 e. The number of rotatable bonds is 6. The van der Waals surface area contributed by atoms with E-state index in [1.807, 2.05) is 24.3 Å². The molecule has 0 atom stereocenters. The van der Waals surface area contributed by atoms with E-state index in [1.54, 1.807) is 0 Å². The number of nitrogens with zero attached hydrogens (tertiary/aromatic N) is 1. The van der Waals surface area contributed by atoms with Gasteiger partial charge in [-0.3, -0.25) is 4.99 Å². The summed E-state index contributed by atoms with van der Waals surface area (Å²) in [5.74, 6) is 1.48. The molecule has 2 heteroatoms. The highest BCUT2D eigenvalue weighted by Gasteiger charge is 2.13. The Kier molecular flexibility index (Phi) is 5.90. The van der Waals surface area contributed by atoms with Crippen molar-refractivity contribution in [2.24, 2.45) is 4.99 Å². The lowest BCUT2D eigenvalue weighted by Crippen LogP contribution is -2.11. The van der Waals surface area contributed by atoms with Gasteiger partial charge >= 0.3 is 0 Å². The van der Waals surface area contributed by atoms with E-state index in [1.165, 1.54) is 27.8 Å². The molecule has 1 aliphatic heterocycles. The Bertz CT molecular complexity index is 1010. The fourth-order valence-electron chi connectivity index (χ4n) is 3.55. The first kappa shape index (κ1) is 19.2. The molecule has 3 aromatic rings. The normalized spacial score (nSPS) is 13.4. The van der Waals surface area contributed by atoms with Gasteiger partial charge in [-0.15, -0.1) is 0 Å². The van der Waals surface area contributed by atoms with E-state index in [0.29, 0.717) is 12.5 Å². The molecule has 1 aliphatic rings. The minimum Gasteiger partial charge on any atom is -0.489 e. The Morgan fingerprint density at radius 2 is 1.72 bits per heavy atom. The van der Waals surface area contributed by atoms with E-state index in [9.17, 15) is 0 Å². The van der Waals surface area contributed by atoms with Crippen LogP contribution in [0.1, 0.15) is 47.6 Å². The third kappa shape index (κ3) is 4.83. The van der Waals surface area contributed by atoms with E-state index in [0.717, 1.165) is 24.4 Å². The maximum Gasteiger partial charge on any atom is 0.120 e. The van der Waals surface area contributed by atoms with E-state index >= 15 is 0 Å². The number of allylic oxidation sites excluding steroid dienone is 1. The van der Waals surface area contributed by atoms with Crippen LogP contribution in [-0.2, 0) is 13.0 Å². The van der Waals surface area contributed by atoms with Crippen molar-refractivity contribution in [1.29, 1.82) is 0 Å². The van der Waals surface area contributed by atoms with Crippen molar-refractivity contribution in [2.75, 3.05) is 6.54 Å². The predicted molar refractivity (Wildman–Crippen MR) is 122 cm³/mol. The zero-order valence-corrected chi connectivity index (χ0v) is 17.1. The van der Waals surface area contributed by atoms with Crippen molar-refractivity contribution in [1.82, 2.24) is 0 Å². The minimum atomic E-state index is 0.556. The molecule has 0 fully saturated rings. The Morgan fingerprint density at radius 3 is 2.48 bits per heavy atom. The Hall–Kier alpha value is -3.13. The topological polar surface area (TPSA) is 21.6 Å². The molecular formula is C27H27NO. The highest BCUT2D eigenvalue weighted by Crippen LogP contribution is 2.24. The Labute approximate surface area is 173 Å². The van der Waals surface area contributed by atoms with Gasteiger partial charge in [-0.2, -0.15) is 0 Å². The zero-order chi connectivity index (χ0) is 20.1. The molecule has 0 spiro atoms. The maximum atomic E-state index is 6.00. The van der Waals surface area contributed by atoms with Crippen LogP contribution in [0.15, 0.2) is 83.9 Å². The third-order valence-corrected chi connectivity index (χ3v) is 5.30. The summed E-state index contributed by atoms with van der Waals surface area (Å²) in [5.41, 5.74) is 7.31. The molecule has 4 rings (SSSR count). The van der Waals surface area contributed by atoms with Crippen LogP contribution in [0.25, 0.3) is 6.08 Å². The largest absolute Gasteiger partial charge is 0.489 e. The molecule has 0 saturated carbocycles. The molecule has 146 valence electrons. The zero-order valence-electron chi connectivity index (χ0n) is 17.1. The van der Waals surface area contributed by atoms with Crippen molar-refractivity contribution in [3.05, 3.63) is 107 Å².